The third-order valence-electron chi connectivity index (χ3n) is 4.30. The summed E-state index contributed by atoms with van der Waals surface area (Å²) in [5.74, 6) is 1.34. The maximum absolute atomic E-state index is 12.7. The maximum Gasteiger partial charge on any atom is 0.242 e. The van der Waals surface area contributed by atoms with Gasteiger partial charge in [-0.2, -0.15) is 0 Å². The number of ether oxygens (including phenoxy) is 2. The van der Waals surface area contributed by atoms with Crippen LogP contribution < -0.4 is 14.2 Å². The summed E-state index contributed by atoms with van der Waals surface area (Å²) in [4.78, 5) is 0.0930. The molecule has 0 saturated heterocycles. The van der Waals surface area contributed by atoms with Gasteiger partial charge in [0.15, 0.2) is 11.5 Å². The van der Waals surface area contributed by atoms with Gasteiger partial charge in [0.05, 0.1) is 10.6 Å². The van der Waals surface area contributed by atoms with Gasteiger partial charge in [-0.1, -0.05) is 29.8 Å². The molecule has 0 spiro atoms. The first-order chi connectivity index (χ1) is 11.5. The second-order valence-corrected chi connectivity index (χ2v) is 8.03. The molecule has 2 aliphatic rings. The topological polar surface area (TPSA) is 64.6 Å². The highest BCUT2D eigenvalue weighted by Gasteiger charge is 2.48. The highest BCUT2D eigenvalue weighted by Crippen LogP contribution is 2.49. The third-order valence-corrected chi connectivity index (χ3v) is 6.34. The Morgan fingerprint density at radius 2 is 1.71 bits per heavy atom. The molecule has 126 valence electrons. The minimum absolute atomic E-state index is 0.0930. The van der Waals surface area contributed by atoms with Crippen LogP contribution in [0, 0.1) is 0 Å². The lowest BCUT2D eigenvalue weighted by molar-refractivity contribution is 0.171. The number of nitrogens with one attached hydrogen (secondary N) is 1. The first-order valence-corrected chi connectivity index (χ1v) is 9.55. The lowest BCUT2D eigenvalue weighted by Crippen LogP contribution is -2.35. The number of rotatable bonds is 4. The van der Waals surface area contributed by atoms with Crippen molar-refractivity contribution in [2.24, 2.45) is 0 Å². The molecule has 0 radical (unpaired) electrons. The fourth-order valence-electron chi connectivity index (χ4n) is 2.89. The van der Waals surface area contributed by atoms with Crippen molar-refractivity contribution >= 4 is 21.6 Å². The van der Waals surface area contributed by atoms with E-state index in [0.717, 1.165) is 18.4 Å². The molecular weight excluding hydrogens is 350 g/mol. The van der Waals surface area contributed by atoms with Crippen LogP contribution in [-0.4, -0.2) is 21.6 Å². The number of hydrogen-bond donors (Lipinski definition) is 1. The minimum Gasteiger partial charge on any atom is -0.486 e. The lowest BCUT2D eigenvalue weighted by atomic mass is 10.1. The van der Waals surface area contributed by atoms with Gasteiger partial charge in [0.25, 0.3) is 0 Å². The second-order valence-electron chi connectivity index (χ2n) is 5.98. The molecule has 5 nitrogen and oxygen atoms in total. The van der Waals surface area contributed by atoms with Crippen LogP contribution in [0.2, 0.25) is 5.02 Å². The van der Waals surface area contributed by atoms with Gasteiger partial charge in [-0.25, -0.2) is 13.1 Å². The van der Waals surface area contributed by atoms with Crippen LogP contribution in [0.1, 0.15) is 18.4 Å². The van der Waals surface area contributed by atoms with Crippen molar-refractivity contribution in [2.45, 2.75) is 23.3 Å². The Morgan fingerprint density at radius 3 is 2.42 bits per heavy atom. The van der Waals surface area contributed by atoms with Crippen molar-refractivity contribution in [3.63, 3.8) is 0 Å². The van der Waals surface area contributed by atoms with Gasteiger partial charge in [-0.3, -0.25) is 0 Å². The largest absolute Gasteiger partial charge is 0.486 e. The average Bonchev–Trinajstić information content (AvgIpc) is 3.34. The average molecular weight is 366 g/mol. The third kappa shape index (κ3) is 2.75. The van der Waals surface area contributed by atoms with Crippen molar-refractivity contribution in [1.82, 2.24) is 4.72 Å². The molecule has 2 aromatic carbocycles. The van der Waals surface area contributed by atoms with Crippen molar-refractivity contribution < 1.29 is 17.9 Å². The number of hydrogen-bond acceptors (Lipinski definition) is 4. The Bertz CT molecular complexity index is 893. The molecule has 0 amide bonds. The smallest absolute Gasteiger partial charge is 0.242 e. The molecule has 1 aliphatic carbocycles. The summed E-state index contributed by atoms with van der Waals surface area (Å²) >= 11 is 6.04. The number of fused-ring (bicyclic) bond motifs is 1. The molecule has 4 rings (SSSR count). The summed E-state index contributed by atoms with van der Waals surface area (Å²) in [7, 11) is -3.71. The molecule has 0 atom stereocenters. The van der Waals surface area contributed by atoms with E-state index in [4.69, 9.17) is 21.1 Å². The molecule has 1 fully saturated rings. The monoisotopic (exact) mass is 365 g/mol. The molecule has 1 aliphatic heterocycles. The summed E-state index contributed by atoms with van der Waals surface area (Å²) in [6, 6.07) is 12.0. The van der Waals surface area contributed by atoms with Gasteiger partial charge in [0.1, 0.15) is 18.1 Å². The SMILES string of the molecule is O=S(=O)(NC1(c2ccc3c(c2)OCCO3)CC1)c1ccccc1Cl. The Labute approximate surface area is 145 Å². The lowest BCUT2D eigenvalue weighted by Gasteiger charge is -2.23. The van der Waals surface area contributed by atoms with E-state index in [1.807, 2.05) is 18.2 Å². The van der Waals surface area contributed by atoms with Gasteiger partial charge >= 0.3 is 0 Å². The fourth-order valence-corrected chi connectivity index (χ4v) is 4.86. The van der Waals surface area contributed by atoms with E-state index in [1.54, 1.807) is 18.2 Å². The summed E-state index contributed by atoms with van der Waals surface area (Å²) < 4.78 is 39.4. The normalized spacial score (nSPS) is 18.2. The quantitative estimate of drug-likeness (QED) is 0.904. The Kier molecular flexibility index (Phi) is 3.71. The van der Waals surface area contributed by atoms with E-state index in [1.165, 1.54) is 6.07 Å². The van der Waals surface area contributed by atoms with Gasteiger partial charge in [0.2, 0.25) is 10.0 Å². The predicted octanol–water partition coefficient (Wildman–Crippen LogP) is 3.08. The van der Waals surface area contributed by atoms with Crippen molar-refractivity contribution in [1.29, 1.82) is 0 Å². The van der Waals surface area contributed by atoms with E-state index < -0.39 is 15.6 Å². The summed E-state index contributed by atoms with van der Waals surface area (Å²) in [6.45, 7) is 1.02. The molecular formula is C17H16ClNO4S. The van der Waals surface area contributed by atoms with E-state index in [9.17, 15) is 8.42 Å². The first-order valence-electron chi connectivity index (χ1n) is 7.69. The maximum atomic E-state index is 12.7. The van der Waals surface area contributed by atoms with E-state index in [0.29, 0.717) is 24.7 Å². The van der Waals surface area contributed by atoms with Crippen LogP contribution in [0.5, 0.6) is 11.5 Å². The van der Waals surface area contributed by atoms with Crippen LogP contribution in [0.4, 0.5) is 0 Å². The van der Waals surface area contributed by atoms with E-state index >= 15 is 0 Å². The van der Waals surface area contributed by atoms with Gasteiger partial charge in [0, 0.05) is 0 Å². The van der Waals surface area contributed by atoms with Crippen molar-refractivity contribution in [3.8, 4) is 11.5 Å². The standard InChI is InChI=1S/C17H16ClNO4S/c18-13-3-1-2-4-16(13)24(20,21)19-17(7-8-17)12-5-6-14-15(11-12)23-10-9-22-14/h1-6,11,19H,7-10H2. The molecule has 2 aromatic rings. The zero-order valence-electron chi connectivity index (χ0n) is 12.8. The van der Waals surface area contributed by atoms with Crippen molar-refractivity contribution in [3.05, 3.63) is 53.1 Å². The summed E-state index contributed by atoms with van der Waals surface area (Å²) in [5.41, 5.74) is 0.274. The minimum atomic E-state index is -3.71. The van der Waals surface area contributed by atoms with Crippen LogP contribution in [0.15, 0.2) is 47.4 Å². The second kappa shape index (κ2) is 5.65. The Morgan fingerprint density at radius 1 is 1.00 bits per heavy atom. The molecule has 1 saturated carbocycles. The highest BCUT2D eigenvalue weighted by molar-refractivity contribution is 7.89. The molecule has 1 heterocycles. The van der Waals surface area contributed by atoms with Crippen LogP contribution in [-0.2, 0) is 15.6 Å². The van der Waals surface area contributed by atoms with Crippen molar-refractivity contribution in [2.75, 3.05) is 13.2 Å². The van der Waals surface area contributed by atoms with Gasteiger partial charge in [-0.15, -0.1) is 0 Å². The van der Waals surface area contributed by atoms with Crippen LogP contribution >= 0.6 is 11.6 Å². The van der Waals surface area contributed by atoms with E-state index in [2.05, 4.69) is 4.72 Å². The molecule has 0 aromatic heterocycles. The molecule has 1 N–H and O–H groups in total. The molecule has 0 bridgehead atoms. The van der Waals surface area contributed by atoms with Crippen LogP contribution in [0.3, 0.4) is 0 Å². The molecule has 7 heteroatoms. The number of halogens is 1. The Balaban J connectivity index is 1.66. The van der Waals surface area contributed by atoms with Gasteiger partial charge in [-0.05, 0) is 42.7 Å². The number of benzene rings is 2. The first kappa shape index (κ1) is 15.7. The predicted molar refractivity (Wildman–Crippen MR) is 90.1 cm³/mol. The number of sulfonamides is 1. The Hall–Kier alpha value is -1.76. The van der Waals surface area contributed by atoms with E-state index in [-0.39, 0.29) is 9.92 Å². The highest BCUT2D eigenvalue weighted by atomic mass is 35.5. The fraction of sp³-hybridized carbons (Fsp3) is 0.294. The summed E-state index contributed by atoms with van der Waals surface area (Å²) in [6.07, 6.45) is 1.46. The molecule has 24 heavy (non-hydrogen) atoms. The zero-order chi connectivity index (χ0) is 16.8. The van der Waals surface area contributed by atoms with Crippen LogP contribution in [0.25, 0.3) is 0 Å². The van der Waals surface area contributed by atoms with Gasteiger partial charge < -0.3 is 9.47 Å². The molecule has 0 unspecified atom stereocenters. The summed E-state index contributed by atoms with van der Waals surface area (Å²) in [5, 5.41) is 0.211. The zero-order valence-corrected chi connectivity index (χ0v) is 14.4.